The molecule has 4 N–H and O–H groups in total. The van der Waals surface area contributed by atoms with Crippen LogP contribution in [0.15, 0.2) is 22.7 Å². The fourth-order valence-electron chi connectivity index (χ4n) is 1.72. The van der Waals surface area contributed by atoms with Crippen molar-refractivity contribution in [2.24, 2.45) is 5.73 Å². The zero-order chi connectivity index (χ0) is 11.0. The summed E-state index contributed by atoms with van der Waals surface area (Å²) in [5, 5.41) is 1.10. The number of nitrogen functional groups attached to an aromatic ring is 1. The molecule has 0 aliphatic heterocycles. The van der Waals surface area contributed by atoms with Crippen LogP contribution in [-0.4, -0.2) is 4.98 Å². The predicted octanol–water partition coefficient (Wildman–Crippen LogP) is 2.35. The molecule has 3 nitrogen and oxygen atoms in total. The minimum absolute atomic E-state index is 0.424. The van der Waals surface area contributed by atoms with E-state index < -0.39 is 0 Å². The van der Waals surface area contributed by atoms with Crippen molar-refractivity contribution >= 4 is 32.7 Å². The van der Waals surface area contributed by atoms with Crippen molar-refractivity contribution in [1.82, 2.24) is 4.98 Å². The molecule has 0 saturated heterocycles. The fourth-order valence-corrected chi connectivity index (χ4v) is 2.08. The highest BCUT2D eigenvalue weighted by atomic mass is 79.9. The van der Waals surface area contributed by atoms with Gasteiger partial charge in [0.2, 0.25) is 0 Å². The van der Waals surface area contributed by atoms with Gasteiger partial charge in [0.15, 0.2) is 0 Å². The molecule has 0 atom stereocenters. The Bertz CT molecular complexity index is 523. The molecule has 0 saturated carbocycles. The van der Waals surface area contributed by atoms with Crippen LogP contribution >= 0.6 is 15.9 Å². The van der Waals surface area contributed by atoms with Crippen LogP contribution in [0.4, 0.5) is 5.82 Å². The molecule has 0 unspecified atom stereocenters. The van der Waals surface area contributed by atoms with Crippen LogP contribution in [0.2, 0.25) is 0 Å². The lowest BCUT2D eigenvalue weighted by atomic mass is 10.0. The Kier molecular flexibility index (Phi) is 2.63. The molecule has 0 aliphatic carbocycles. The van der Waals surface area contributed by atoms with Gasteiger partial charge in [-0.3, -0.25) is 0 Å². The molecule has 1 aromatic heterocycles. The first kappa shape index (κ1) is 10.4. The quantitative estimate of drug-likeness (QED) is 0.832. The second kappa shape index (κ2) is 3.79. The summed E-state index contributed by atoms with van der Waals surface area (Å²) in [6.07, 6.45) is 0. The highest BCUT2D eigenvalue weighted by Gasteiger charge is 2.08. The summed E-state index contributed by atoms with van der Waals surface area (Å²) in [4.78, 5) is 4.33. The SMILES string of the molecule is Cc1c(CN)c(N)nc2ccc(Br)cc12. The minimum Gasteiger partial charge on any atom is -0.383 e. The van der Waals surface area contributed by atoms with Crippen LogP contribution in [0.5, 0.6) is 0 Å². The lowest BCUT2D eigenvalue weighted by molar-refractivity contribution is 1.04. The number of anilines is 1. The lowest BCUT2D eigenvalue weighted by Gasteiger charge is -2.10. The van der Waals surface area contributed by atoms with Crippen LogP contribution in [0.3, 0.4) is 0 Å². The van der Waals surface area contributed by atoms with E-state index in [4.69, 9.17) is 11.5 Å². The van der Waals surface area contributed by atoms with Gasteiger partial charge in [0, 0.05) is 22.0 Å². The molecule has 0 fully saturated rings. The van der Waals surface area contributed by atoms with Gasteiger partial charge in [0.25, 0.3) is 0 Å². The Morgan fingerprint density at radius 3 is 2.80 bits per heavy atom. The van der Waals surface area contributed by atoms with Crippen molar-refractivity contribution in [3.05, 3.63) is 33.8 Å². The van der Waals surface area contributed by atoms with Crippen molar-refractivity contribution in [2.75, 3.05) is 5.73 Å². The Balaban J connectivity index is 2.86. The number of hydrogen-bond acceptors (Lipinski definition) is 3. The lowest BCUT2D eigenvalue weighted by Crippen LogP contribution is -2.06. The monoisotopic (exact) mass is 265 g/mol. The summed E-state index contributed by atoms with van der Waals surface area (Å²) in [7, 11) is 0. The third kappa shape index (κ3) is 1.70. The summed E-state index contributed by atoms with van der Waals surface area (Å²) in [5.41, 5.74) is 14.4. The van der Waals surface area contributed by atoms with E-state index in [1.54, 1.807) is 0 Å². The molecule has 1 aromatic carbocycles. The first-order valence-electron chi connectivity index (χ1n) is 4.67. The number of aromatic nitrogens is 1. The maximum atomic E-state index is 5.83. The number of pyridine rings is 1. The van der Waals surface area contributed by atoms with E-state index in [0.717, 1.165) is 26.5 Å². The number of nitrogens with zero attached hydrogens (tertiary/aromatic N) is 1. The standard InChI is InChI=1S/C11H12BrN3/c1-6-8-4-7(12)2-3-10(8)15-11(14)9(6)5-13/h2-4H,5,13H2,1H3,(H2,14,15). The Hall–Kier alpha value is -1.13. The van der Waals surface area contributed by atoms with Gasteiger partial charge in [-0.2, -0.15) is 0 Å². The highest BCUT2D eigenvalue weighted by molar-refractivity contribution is 9.10. The third-order valence-corrected chi connectivity index (χ3v) is 3.06. The number of nitrogens with two attached hydrogens (primary N) is 2. The van der Waals surface area contributed by atoms with Gasteiger partial charge in [0.05, 0.1) is 5.52 Å². The van der Waals surface area contributed by atoms with Crippen molar-refractivity contribution in [3.8, 4) is 0 Å². The number of hydrogen-bond donors (Lipinski definition) is 2. The smallest absolute Gasteiger partial charge is 0.128 e. The van der Waals surface area contributed by atoms with Crippen molar-refractivity contribution < 1.29 is 0 Å². The van der Waals surface area contributed by atoms with Crippen LogP contribution < -0.4 is 11.5 Å². The van der Waals surface area contributed by atoms with Crippen LogP contribution in [0, 0.1) is 6.92 Å². The van der Waals surface area contributed by atoms with Crippen LogP contribution in [0.25, 0.3) is 10.9 Å². The summed E-state index contributed by atoms with van der Waals surface area (Å²) >= 11 is 3.44. The number of fused-ring (bicyclic) bond motifs is 1. The molecule has 2 rings (SSSR count). The highest BCUT2D eigenvalue weighted by Crippen LogP contribution is 2.26. The molecule has 0 amide bonds. The molecular weight excluding hydrogens is 254 g/mol. The van der Waals surface area contributed by atoms with E-state index in [-0.39, 0.29) is 0 Å². The summed E-state index contributed by atoms with van der Waals surface area (Å²) < 4.78 is 1.03. The van der Waals surface area contributed by atoms with Crippen LogP contribution in [-0.2, 0) is 6.54 Å². The number of halogens is 1. The summed E-state index contributed by atoms with van der Waals surface area (Å²) in [5.74, 6) is 0.532. The molecule has 0 radical (unpaired) electrons. The minimum atomic E-state index is 0.424. The molecule has 0 bridgehead atoms. The van der Waals surface area contributed by atoms with Crippen molar-refractivity contribution in [3.63, 3.8) is 0 Å². The Morgan fingerprint density at radius 1 is 1.40 bits per heavy atom. The average Bonchev–Trinajstić information content (AvgIpc) is 2.20. The first-order chi connectivity index (χ1) is 7.13. The topological polar surface area (TPSA) is 64.9 Å². The van der Waals surface area contributed by atoms with Gasteiger partial charge >= 0.3 is 0 Å². The molecule has 1 heterocycles. The van der Waals surface area contributed by atoms with Gasteiger partial charge in [0.1, 0.15) is 5.82 Å². The average molecular weight is 266 g/mol. The van der Waals surface area contributed by atoms with Crippen molar-refractivity contribution in [1.29, 1.82) is 0 Å². The Labute approximate surface area is 96.6 Å². The predicted molar refractivity (Wildman–Crippen MR) is 66.5 cm³/mol. The second-order valence-electron chi connectivity index (χ2n) is 3.47. The van der Waals surface area contributed by atoms with Gasteiger partial charge in [-0.15, -0.1) is 0 Å². The maximum absolute atomic E-state index is 5.83. The zero-order valence-electron chi connectivity index (χ0n) is 8.42. The molecular formula is C11H12BrN3. The molecule has 0 aliphatic rings. The number of aryl methyl sites for hydroxylation is 1. The molecule has 2 aromatic rings. The molecule has 15 heavy (non-hydrogen) atoms. The van der Waals surface area contributed by atoms with Crippen LogP contribution in [0.1, 0.15) is 11.1 Å². The molecule has 78 valence electrons. The number of rotatable bonds is 1. The zero-order valence-corrected chi connectivity index (χ0v) is 10.0. The van der Waals surface area contributed by atoms with E-state index in [1.165, 1.54) is 0 Å². The summed E-state index contributed by atoms with van der Waals surface area (Å²) in [6, 6.07) is 5.94. The third-order valence-electron chi connectivity index (χ3n) is 2.57. The van der Waals surface area contributed by atoms with E-state index in [1.807, 2.05) is 25.1 Å². The van der Waals surface area contributed by atoms with E-state index in [0.29, 0.717) is 12.4 Å². The first-order valence-corrected chi connectivity index (χ1v) is 5.47. The second-order valence-corrected chi connectivity index (χ2v) is 4.38. The van der Waals surface area contributed by atoms with Gasteiger partial charge in [-0.05, 0) is 30.7 Å². The normalized spacial score (nSPS) is 10.9. The summed E-state index contributed by atoms with van der Waals surface area (Å²) in [6.45, 7) is 2.45. The number of benzene rings is 1. The van der Waals surface area contributed by atoms with Gasteiger partial charge < -0.3 is 11.5 Å². The van der Waals surface area contributed by atoms with E-state index in [2.05, 4.69) is 20.9 Å². The fraction of sp³-hybridized carbons (Fsp3) is 0.182. The largest absolute Gasteiger partial charge is 0.383 e. The van der Waals surface area contributed by atoms with E-state index in [9.17, 15) is 0 Å². The Morgan fingerprint density at radius 2 is 2.13 bits per heavy atom. The maximum Gasteiger partial charge on any atom is 0.128 e. The molecule has 0 spiro atoms. The van der Waals surface area contributed by atoms with Gasteiger partial charge in [-0.1, -0.05) is 15.9 Å². The van der Waals surface area contributed by atoms with E-state index >= 15 is 0 Å². The van der Waals surface area contributed by atoms with Crippen molar-refractivity contribution in [2.45, 2.75) is 13.5 Å². The molecule has 4 heteroatoms. The van der Waals surface area contributed by atoms with Gasteiger partial charge in [-0.25, -0.2) is 4.98 Å².